The van der Waals surface area contributed by atoms with E-state index >= 15 is 0 Å². The summed E-state index contributed by atoms with van der Waals surface area (Å²) in [4.78, 5) is 23.4. The largest absolute Gasteiger partial charge is 0.370 e. The summed E-state index contributed by atoms with van der Waals surface area (Å²) in [6.45, 7) is 0. The first-order valence-electron chi connectivity index (χ1n) is 6.32. The Morgan fingerprint density at radius 2 is 1.86 bits per heavy atom. The molecule has 1 N–H and O–H groups in total. The highest BCUT2D eigenvalue weighted by Crippen LogP contribution is 2.13. The maximum Gasteiger partial charge on any atom is 0.330 e. The molecule has 21 heavy (non-hydrogen) atoms. The molecule has 112 valence electrons. The van der Waals surface area contributed by atoms with Crippen LogP contribution in [0.25, 0.3) is 0 Å². The van der Waals surface area contributed by atoms with Crippen LogP contribution in [-0.2, 0) is 19.8 Å². The molecular formula is C14H16FN3O2S. The molecule has 1 heterocycles. The third-order valence-electron chi connectivity index (χ3n) is 2.99. The Balaban J connectivity index is 1.94. The molecule has 1 aromatic heterocycles. The smallest absolute Gasteiger partial charge is 0.330 e. The standard InChI is InChI=1S/C14H16FN3O2S/c1-17-7-12(13(19)18(2)14(17)20)16-9-21-8-10-3-5-11(15)6-4-10/h3-7,16H,8-9H2,1-2H3. The van der Waals surface area contributed by atoms with Crippen LogP contribution in [0.15, 0.2) is 40.1 Å². The Morgan fingerprint density at radius 1 is 1.19 bits per heavy atom. The van der Waals surface area contributed by atoms with E-state index in [-0.39, 0.29) is 17.1 Å². The van der Waals surface area contributed by atoms with E-state index < -0.39 is 0 Å². The number of hydrogen-bond acceptors (Lipinski definition) is 4. The molecule has 1 aromatic carbocycles. The predicted octanol–water partition coefficient (Wildman–Crippen LogP) is 1.53. The lowest BCUT2D eigenvalue weighted by molar-refractivity contribution is 0.627. The summed E-state index contributed by atoms with van der Waals surface area (Å²) in [5.74, 6) is 0.972. The van der Waals surface area contributed by atoms with Crippen molar-refractivity contribution in [3.63, 3.8) is 0 Å². The quantitative estimate of drug-likeness (QED) is 0.672. The molecule has 2 aromatic rings. The van der Waals surface area contributed by atoms with Gasteiger partial charge in [-0.15, -0.1) is 11.8 Å². The molecule has 0 aliphatic heterocycles. The van der Waals surface area contributed by atoms with Gasteiger partial charge in [0.2, 0.25) is 0 Å². The van der Waals surface area contributed by atoms with Gasteiger partial charge >= 0.3 is 5.69 Å². The molecule has 0 saturated carbocycles. The molecule has 7 heteroatoms. The average molecular weight is 309 g/mol. The Kier molecular flexibility index (Phi) is 4.85. The van der Waals surface area contributed by atoms with Gasteiger partial charge in [-0.2, -0.15) is 0 Å². The molecule has 0 atom stereocenters. The monoisotopic (exact) mass is 309 g/mol. The second-order valence-corrected chi connectivity index (χ2v) is 5.58. The summed E-state index contributed by atoms with van der Waals surface area (Å²) in [7, 11) is 3.04. The van der Waals surface area contributed by atoms with E-state index in [9.17, 15) is 14.0 Å². The van der Waals surface area contributed by atoms with E-state index in [1.165, 1.54) is 29.9 Å². The summed E-state index contributed by atoms with van der Waals surface area (Å²) >= 11 is 1.56. The van der Waals surface area contributed by atoms with Crippen LogP contribution in [0.2, 0.25) is 0 Å². The Bertz CT molecular complexity index is 737. The molecule has 0 bridgehead atoms. The molecule has 0 aliphatic rings. The Hall–Kier alpha value is -2.02. The highest BCUT2D eigenvalue weighted by Gasteiger charge is 2.05. The average Bonchev–Trinajstić information content (AvgIpc) is 2.48. The van der Waals surface area contributed by atoms with Crippen molar-refractivity contribution < 1.29 is 4.39 Å². The van der Waals surface area contributed by atoms with Crippen molar-refractivity contribution in [2.45, 2.75) is 5.75 Å². The molecule has 2 rings (SSSR count). The maximum absolute atomic E-state index is 12.8. The Labute approximate surface area is 125 Å². The van der Waals surface area contributed by atoms with E-state index in [1.807, 2.05) is 0 Å². The van der Waals surface area contributed by atoms with Gasteiger partial charge in [0.1, 0.15) is 11.5 Å². The number of benzene rings is 1. The van der Waals surface area contributed by atoms with Gasteiger partial charge in [0, 0.05) is 26.0 Å². The Morgan fingerprint density at radius 3 is 2.52 bits per heavy atom. The summed E-state index contributed by atoms with van der Waals surface area (Å²) in [6.07, 6.45) is 1.49. The summed E-state index contributed by atoms with van der Waals surface area (Å²) in [6, 6.07) is 6.30. The van der Waals surface area contributed by atoms with Crippen LogP contribution in [0.1, 0.15) is 5.56 Å². The molecule has 5 nitrogen and oxygen atoms in total. The molecule has 0 radical (unpaired) electrons. The van der Waals surface area contributed by atoms with Crippen molar-refractivity contribution in [1.82, 2.24) is 9.13 Å². The van der Waals surface area contributed by atoms with Crippen molar-refractivity contribution >= 4 is 17.4 Å². The second-order valence-electron chi connectivity index (χ2n) is 4.60. The van der Waals surface area contributed by atoms with Crippen molar-refractivity contribution in [3.8, 4) is 0 Å². The summed E-state index contributed by atoms with van der Waals surface area (Å²) < 4.78 is 15.2. The van der Waals surface area contributed by atoms with Gasteiger partial charge in [0.25, 0.3) is 5.56 Å². The molecule has 0 saturated heterocycles. The van der Waals surface area contributed by atoms with Crippen LogP contribution >= 0.6 is 11.8 Å². The number of nitrogens with zero attached hydrogens (tertiary/aromatic N) is 2. The molecule has 0 unspecified atom stereocenters. The van der Waals surface area contributed by atoms with Crippen LogP contribution < -0.4 is 16.6 Å². The van der Waals surface area contributed by atoms with E-state index in [2.05, 4.69) is 5.32 Å². The van der Waals surface area contributed by atoms with Gasteiger partial charge in [0.15, 0.2) is 0 Å². The van der Waals surface area contributed by atoms with Crippen molar-refractivity contribution in [1.29, 1.82) is 0 Å². The van der Waals surface area contributed by atoms with Gasteiger partial charge in [-0.3, -0.25) is 9.36 Å². The number of thioether (sulfide) groups is 1. The van der Waals surface area contributed by atoms with Crippen LogP contribution in [0.4, 0.5) is 10.1 Å². The molecule has 0 aliphatic carbocycles. The first-order chi connectivity index (χ1) is 9.99. The lowest BCUT2D eigenvalue weighted by atomic mass is 10.2. The van der Waals surface area contributed by atoms with E-state index in [0.29, 0.717) is 17.3 Å². The van der Waals surface area contributed by atoms with Gasteiger partial charge in [-0.25, -0.2) is 9.18 Å². The SMILES string of the molecule is Cn1cc(NCSCc2ccc(F)cc2)c(=O)n(C)c1=O. The number of nitrogens with one attached hydrogen (secondary N) is 1. The number of anilines is 1. The van der Waals surface area contributed by atoms with Gasteiger partial charge < -0.3 is 9.88 Å². The number of halogens is 1. The number of rotatable bonds is 5. The van der Waals surface area contributed by atoms with Crippen LogP contribution in [0.5, 0.6) is 0 Å². The number of aromatic nitrogens is 2. The van der Waals surface area contributed by atoms with E-state index in [4.69, 9.17) is 0 Å². The summed E-state index contributed by atoms with van der Waals surface area (Å²) in [5.41, 5.74) is 0.688. The molecule has 0 amide bonds. The first-order valence-corrected chi connectivity index (χ1v) is 7.47. The molecule has 0 fully saturated rings. The minimum absolute atomic E-state index is 0.254. The van der Waals surface area contributed by atoms with Crippen LogP contribution in [0, 0.1) is 5.82 Å². The maximum atomic E-state index is 12.8. The normalized spacial score (nSPS) is 10.6. The minimum Gasteiger partial charge on any atom is -0.370 e. The zero-order chi connectivity index (χ0) is 15.4. The van der Waals surface area contributed by atoms with Crippen LogP contribution in [-0.4, -0.2) is 15.0 Å². The third kappa shape index (κ3) is 3.75. The predicted molar refractivity (Wildman–Crippen MR) is 83.1 cm³/mol. The number of aryl methyl sites for hydroxylation is 1. The topological polar surface area (TPSA) is 56.0 Å². The van der Waals surface area contributed by atoms with E-state index in [0.717, 1.165) is 10.1 Å². The van der Waals surface area contributed by atoms with Crippen molar-refractivity contribution in [2.75, 3.05) is 11.2 Å². The van der Waals surface area contributed by atoms with Gasteiger partial charge in [0.05, 0.1) is 5.88 Å². The van der Waals surface area contributed by atoms with Crippen molar-refractivity contribution in [2.24, 2.45) is 14.1 Å². The zero-order valence-electron chi connectivity index (χ0n) is 11.8. The fourth-order valence-electron chi connectivity index (χ4n) is 1.81. The van der Waals surface area contributed by atoms with E-state index in [1.54, 1.807) is 30.9 Å². The fourth-order valence-corrected chi connectivity index (χ4v) is 2.60. The minimum atomic E-state index is -0.357. The molecule has 0 spiro atoms. The van der Waals surface area contributed by atoms with Gasteiger partial charge in [-0.1, -0.05) is 12.1 Å². The van der Waals surface area contributed by atoms with Crippen molar-refractivity contribution in [3.05, 3.63) is 62.7 Å². The second kappa shape index (κ2) is 6.62. The highest BCUT2D eigenvalue weighted by molar-refractivity contribution is 7.98. The van der Waals surface area contributed by atoms with Gasteiger partial charge in [-0.05, 0) is 17.7 Å². The zero-order valence-corrected chi connectivity index (χ0v) is 12.6. The summed E-state index contributed by atoms with van der Waals surface area (Å²) in [5, 5.41) is 3.00. The van der Waals surface area contributed by atoms with Crippen LogP contribution in [0.3, 0.4) is 0 Å². The third-order valence-corrected chi connectivity index (χ3v) is 3.88. The number of hydrogen-bond donors (Lipinski definition) is 1. The fraction of sp³-hybridized carbons (Fsp3) is 0.286. The lowest BCUT2D eigenvalue weighted by Gasteiger charge is -2.09. The lowest BCUT2D eigenvalue weighted by Crippen LogP contribution is -2.37. The highest BCUT2D eigenvalue weighted by atomic mass is 32.2. The molecular weight excluding hydrogens is 293 g/mol. The first kappa shape index (κ1) is 15.4.